The molecule has 2 unspecified atom stereocenters. The van der Waals surface area contributed by atoms with E-state index in [1.807, 2.05) is 0 Å². The van der Waals surface area contributed by atoms with Crippen LogP contribution < -0.4 is 15.6 Å². The van der Waals surface area contributed by atoms with Gasteiger partial charge in [0, 0.05) is 29.1 Å². The maximum Gasteiger partial charge on any atom is 0.425 e. The zero-order valence-corrected chi connectivity index (χ0v) is 22.8. The first-order valence-electron chi connectivity index (χ1n) is 12.3. The highest BCUT2D eigenvalue weighted by molar-refractivity contribution is 7.90. The Labute approximate surface area is 233 Å². The van der Waals surface area contributed by atoms with Gasteiger partial charge in [-0.1, -0.05) is 24.3 Å². The van der Waals surface area contributed by atoms with E-state index in [4.69, 9.17) is 4.74 Å². The Morgan fingerprint density at radius 3 is 2.39 bits per heavy atom. The fourth-order valence-electron chi connectivity index (χ4n) is 4.84. The summed E-state index contributed by atoms with van der Waals surface area (Å²) in [6, 6.07) is 13.5. The summed E-state index contributed by atoms with van der Waals surface area (Å²) in [5.41, 5.74) is 2.97. The number of hydrazine groups is 1. The molecule has 41 heavy (non-hydrogen) atoms. The second-order valence-corrected chi connectivity index (χ2v) is 11.7. The first kappa shape index (κ1) is 28.2. The van der Waals surface area contributed by atoms with Crippen molar-refractivity contribution in [1.29, 1.82) is 0 Å². The van der Waals surface area contributed by atoms with Crippen molar-refractivity contribution in [3.63, 3.8) is 0 Å². The predicted octanol–water partition coefficient (Wildman–Crippen LogP) is 4.45. The average Bonchev–Trinajstić information content (AvgIpc) is 3.53. The van der Waals surface area contributed by atoms with E-state index in [1.165, 1.54) is 72.7 Å². The normalized spacial score (nSPS) is 17.0. The van der Waals surface area contributed by atoms with Gasteiger partial charge in [0.1, 0.15) is 11.8 Å². The van der Waals surface area contributed by atoms with Gasteiger partial charge in [0.25, 0.3) is 5.91 Å². The Bertz CT molecular complexity index is 1750. The molecular weight excluding hydrogens is 561 g/mol. The summed E-state index contributed by atoms with van der Waals surface area (Å²) in [6.07, 6.45) is -0.975. The number of anilines is 1. The van der Waals surface area contributed by atoms with Gasteiger partial charge in [-0.05, 0) is 60.0 Å². The highest BCUT2D eigenvalue weighted by Crippen LogP contribution is 2.58. The van der Waals surface area contributed by atoms with Gasteiger partial charge in [0.05, 0.1) is 23.9 Å². The maximum atomic E-state index is 14.4. The highest BCUT2D eigenvalue weighted by Gasteiger charge is 2.61. The molecule has 0 bridgehead atoms. The minimum Gasteiger partial charge on any atom is -0.497 e. The average molecular weight is 587 g/mol. The van der Waals surface area contributed by atoms with E-state index in [1.54, 1.807) is 19.1 Å². The molecule has 0 saturated carbocycles. The number of rotatable bonds is 7. The highest BCUT2D eigenvalue weighted by atomic mass is 32.2. The first-order valence-corrected chi connectivity index (χ1v) is 14.2. The van der Waals surface area contributed by atoms with Crippen LogP contribution >= 0.6 is 0 Å². The molecule has 5 rings (SSSR count). The van der Waals surface area contributed by atoms with Crippen LogP contribution in [0, 0.1) is 0 Å². The van der Waals surface area contributed by atoms with Crippen molar-refractivity contribution >= 4 is 21.4 Å². The van der Waals surface area contributed by atoms with E-state index in [-0.39, 0.29) is 32.9 Å². The van der Waals surface area contributed by atoms with Crippen LogP contribution in [0.25, 0.3) is 22.3 Å². The van der Waals surface area contributed by atoms with Crippen molar-refractivity contribution in [2.24, 2.45) is 0 Å². The number of amides is 1. The molecule has 3 aromatic carbocycles. The number of nitrogens with zero attached hydrogens (tertiary/aromatic N) is 2. The Hall–Kier alpha value is -4.36. The summed E-state index contributed by atoms with van der Waals surface area (Å²) in [6.45, 7) is 1.58. The molecule has 214 valence electrons. The number of nitrogens with one attached hydrogen (secondary N) is 2. The minimum atomic E-state index is -5.01. The Balaban J connectivity index is 1.45. The summed E-state index contributed by atoms with van der Waals surface area (Å²) in [5.74, 6) is -0.377. The Kier molecular flexibility index (Phi) is 6.82. The number of benzene rings is 3. The number of fused-ring (bicyclic) bond motifs is 3. The largest absolute Gasteiger partial charge is 0.497 e. The molecule has 0 saturated heterocycles. The Morgan fingerprint density at radius 2 is 1.76 bits per heavy atom. The number of halogens is 3. The molecule has 1 aliphatic rings. The molecular formula is C28H25F3N4O5S. The van der Waals surface area contributed by atoms with E-state index in [9.17, 15) is 31.5 Å². The molecule has 0 spiro atoms. The third-order valence-corrected chi connectivity index (χ3v) is 8.16. The number of methoxy groups -OCH3 is 1. The summed E-state index contributed by atoms with van der Waals surface area (Å²) in [5, 5.41) is 15.4. The molecule has 4 aromatic rings. The monoisotopic (exact) mass is 586 g/mol. The van der Waals surface area contributed by atoms with E-state index >= 15 is 0 Å². The molecule has 3 N–H and O–H groups in total. The lowest BCUT2D eigenvalue weighted by Gasteiger charge is -2.28. The zero-order chi connectivity index (χ0) is 29.7. The van der Waals surface area contributed by atoms with E-state index < -0.39 is 33.6 Å². The predicted molar refractivity (Wildman–Crippen MR) is 145 cm³/mol. The molecule has 0 aliphatic heterocycles. The molecule has 0 radical (unpaired) electrons. The van der Waals surface area contributed by atoms with Crippen LogP contribution in [0.5, 0.6) is 5.75 Å². The van der Waals surface area contributed by atoms with Gasteiger partial charge in [-0.2, -0.15) is 18.3 Å². The third-order valence-electron chi connectivity index (χ3n) is 7.04. The smallest absolute Gasteiger partial charge is 0.425 e. The van der Waals surface area contributed by atoms with Gasteiger partial charge in [-0.25, -0.2) is 8.42 Å². The minimum absolute atomic E-state index is 0.110. The fourth-order valence-corrected chi connectivity index (χ4v) is 5.47. The number of aromatic nitrogens is 2. The second-order valence-electron chi connectivity index (χ2n) is 9.65. The quantitative estimate of drug-likeness (QED) is 0.274. The standard InChI is InChI=1S/C28H25F3N4O5S/c1-16(26(36)34-33-18-8-10-20(11-9-18)41(3,38)39)35-15-17(14-32-35)22-12-19(40-2)13-24-25(22)21-6-4-5-7-23(21)27(24,37)28(29,30)31/h4-16,33,37H,1-3H3,(H,34,36). The topological polar surface area (TPSA) is 123 Å². The number of sulfone groups is 1. The molecule has 1 amide bonds. The zero-order valence-electron chi connectivity index (χ0n) is 22.0. The summed E-state index contributed by atoms with van der Waals surface area (Å²) >= 11 is 0. The van der Waals surface area contributed by atoms with E-state index in [0.29, 0.717) is 16.8 Å². The van der Waals surface area contributed by atoms with Crippen LogP contribution in [-0.2, 0) is 20.2 Å². The van der Waals surface area contributed by atoms with Crippen LogP contribution in [0.1, 0.15) is 24.1 Å². The molecule has 1 aliphatic carbocycles. The second kappa shape index (κ2) is 9.93. The number of carbonyl (C=O) groups excluding carboxylic acids is 1. The van der Waals surface area contributed by atoms with Gasteiger partial charge >= 0.3 is 6.18 Å². The van der Waals surface area contributed by atoms with E-state index in [0.717, 1.165) is 6.26 Å². The molecule has 2 atom stereocenters. The van der Waals surface area contributed by atoms with Crippen LogP contribution in [0.3, 0.4) is 0 Å². The van der Waals surface area contributed by atoms with Crippen molar-refractivity contribution in [1.82, 2.24) is 15.2 Å². The SMILES string of the molecule is COc1cc(-c2cnn(C(C)C(=O)NNc3ccc(S(C)(=O)=O)cc3)c2)c2c(c1)C(O)(C(F)(F)F)c1ccccc1-2. The van der Waals surface area contributed by atoms with Crippen molar-refractivity contribution in [3.05, 3.63) is 84.2 Å². The van der Waals surface area contributed by atoms with Crippen LogP contribution in [0.4, 0.5) is 18.9 Å². The summed E-state index contributed by atoms with van der Waals surface area (Å²) in [4.78, 5) is 13.0. The van der Waals surface area contributed by atoms with Gasteiger partial charge in [0.2, 0.25) is 5.60 Å². The molecule has 13 heteroatoms. The fraction of sp³-hybridized carbons (Fsp3) is 0.214. The lowest BCUT2D eigenvalue weighted by Crippen LogP contribution is -2.41. The number of aliphatic hydroxyl groups is 1. The molecule has 1 aromatic heterocycles. The van der Waals surface area contributed by atoms with Gasteiger partial charge < -0.3 is 9.84 Å². The van der Waals surface area contributed by atoms with Crippen molar-refractivity contribution in [3.8, 4) is 28.0 Å². The van der Waals surface area contributed by atoms with Crippen LogP contribution in [-0.4, -0.2) is 48.8 Å². The molecule has 9 nitrogen and oxygen atoms in total. The van der Waals surface area contributed by atoms with Crippen molar-refractivity contribution in [2.75, 3.05) is 18.8 Å². The third kappa shape index (κ3) is 4.80. The van der Waals surface area contributed by atoms with Gasteiger partial charge in [-0.15, -0.1) is 0 Å². The number of carbonyl (C=O) groups is 1. The van der Waals surface area contributed by atoms with E-state index in [2.05, 4.69) is 16.0 Å². The van der Waals surface area contributed by atoms with Crippen molar-refractivity contribution in [2.45, 2.75) is 29.6 Å². The molecule has 0 fully saturated rings. The van der Waals surface area contributed by atoms with Crippen molar-refractivity contribution < 1.29 is 36.2 Å². The summed E-state index contributed by atoms with van der Waals surface area (Å²) < 4.78 is 73.0. The Morgan fingerprint density at radius 1 is 1.07 bits per heavy atom. The molecule has 1 heterocycles. The maximum absolute atomic E-state index is 14.4. The van der Waals surface area contributed by atoms with Gasteiger partial charge in [-0.3, -0.25) is 20.3 Å². The number of hydrogen-bond donors (Lipinski definition) is 3. The number of alkyl halides is 3. The van der Waals surface area contributed by atoms with Crippen LogP contribution in [0.2, 0.25) is 0 Å². The van der Waals surface area contributed by atoms with Crippen LogP contribution in [0.15, 0.2) is 78.0 Å². The lowest BCUT2D eigenvalue weighted by molar-refractivity contribution is -0.246. The number of ether oxygens (including phenoxy) is 1. The number of hydrogen-bond acceptors (Lipinski definition) is 7. The van der Waals surface area contributed by atoms with Gasteiger partial charge in [0.15, 0.2) is 9.84 Å². The lowest BCUT2D eigenvalue weighted by atomic mass is 9.89. The first-order chi connectivity index (χ1) is 19.3. The summed E-state index contributed by atoms with van der Waals surface area (Å²) in [7, 11) is -2.05.